The number of halogens is 12. The summed E-state index contributed by atoms with van der Waals surface area (Å²) in [7, 11) is -3.35. The predicted molar refractivity (Wildman–Crippen MR) is 57.3 cm³/mol. The summed E-state index contributed by atoms with van der Waals surface area (Å²) in [6.07, 6.45) is -25.5. The molecule has 0 heterocycles. The van der Waals surface area contributed by atoms with Gasteiger partial charge in [-0.3, -0.25) is 0 Å². The third-order valence-electron chi connectivity index (χ3n) is 2.68. The molecular weight excluding hydrogens is 407 g/mol. The molecule has 3 nitrogen and oxygen atoms in total. The van der Waals surface area contributed by atoms with Crippen LogP contribution in [0.3, 0.4) is 0 Å². The lowest BCUT2D eigenvalue weighted by molar-refractivity contribution is -0.183. The van der Waals surface area contributed by atoms with Crippen molar-refractivity contribution < 1.29 is 67.4 Å². The quantitative estimate of drug-likeness (QED) is 0.571. The summed E-state index contributed by atoms with van der Waals surface area (Å²) in [6, 6.07) is -1.04. The summed E-state index contributed by atoms with van der Waals surface area (Å²) < 4.78 is 158. The van der Waals surface area contributed by atoms with E-state index in [0.717, 1.165) is 0 Å². The number of hydrogen-bond acceptors (Lipinski definition) is 3. The van der Waals surface area contributed by atoms with E-state index in [2.05, 4.69) is 4.65 Å². The lowest BCUT2D eigenvalue weighted by Gasteiger charge is -2.26. The Morgan fingerprint density at radius 3 is 1.27 bits per heavy atom. The fourth-order valence-electron chi connectivity index (χ4n) is 1.95. The Hall–Kier alpha value is -1.84. The maximum Gasteiger partial charge on any atom is 0.707 e. The van der Waals surface area contributed by atoms with Crippen molar-refractivity contribution in [2.24, 2.45) is 0 Å². The van der Waals surface area contributed by atoms with Gasteiger partial charge >= 0.3 is 32.0 Å². The second kappa shape index (κ2) is 6.40. The fraction of sp³-hybridized carbons (Fsp3) is 0.400. The summed E-state index contributed by atoms with van der Waals surface area (Å²) in [5.41, 5.74) is -13.8. The Morgan fingerprint density at radius 2 is 1.00 bits per heavy atom. The van der Waals surface area contributed by atoms with Crippen LogP contribution in [-0.4, -0.2) is 17.4 Å². The van der Waals surface area contributed by atoms with Crippen molar-refractivity contribution in [3.8, 4) is 5.75 Å². The third kappa shape index (κ3) is 4.66. The van der Waals surface area contributed by atoms with Crippen molar-refractivity contribution in [2.45, 2.75) is 24.7 Å². The van der Waals surface area contributed by atoms with Gasteiger partial charge in [0.2, 0.25) is 0 Å². The second-order valence-electron chi connectivity index (χ2n) is 4.48. The molecule has 1 aromatic carbocycles. The molecule has 148 valence electrons. The van der Waals surface area contributed by atoms with E-state index in [-0.39, 0.29) is 0 Å². The van der Waals surface area contributed by atoms with Crippen molar-refractivity contribution in [1.82, 2.24) is 0 Å². The largest absolute Gasteiger partial charge is 0.707 e. The monoisotopic (exact) mass is 410 g/mol. The molecule has 0 saturated carbocycles. The zero-order valence-electron chi connectivity index (χ0n) is 11.5. The minimum Gasteiger partial charge on any atom is -0.511 e. The zero-order chi connectivity index (χ0) is 20.9. The first-order valence-corrected chi connectivity index (χ1v) is 5.80. The third-order valence-corrected chi connectivity index (χ3v) is 2.68. The highest BCUT2D eigenvalue weighted by atomic mass is 19.4. The molecule has 0 fully saturated rings. The van der Waals surface area contributed by atoms with Gasteiger partial charge in [0.15, 0.2) is 0 Å². The highest BCUT2D eigenvalue weighted by Gasteiger charge is 2.56. The van der Waals surface area contributed by atoms with Crippen LogP contribution in [0.15, 0.2) is 6.07 Å². The van der Waals surface area contributed by atoms with E-state index in [9.17, 15) is 52.7 Å². The molecular formula is C10H3BF12O3. The molecule has 2 N–H and O–H groups in total. The van der Waals surface area contributed by atoms with Gasteiger partial charge in [0.05, 0.1) is 16.7 Å². The Balaban J connectivity index is 4.25. The zero-order valence-corrected chi connectivity index (χ0v) is 11.5. The van der Waals surface area contributed by atoms with Gasteiger partial charge in [-0.05, 0) is 6.07 Å². The van der Waals surface area contributed by atoms with Gasteiger partial charge in [-0.25, -0.2) is 0 Å². The molecule has 0 unspecified atom stereocenters. The lowest BCUT2D eigenvalue weighted by atomic mass is 9.92. The van der Waals surface area contributed by atoms with Crippen LogP contribution in [0.5, 0.6) is 5.75 Å². The van der Waals surface area contributed by atoms with Crippen molar-refractivity contribution in [2.75, 3.05) is 0 Å². The Bertz CT molecular complexity index is 670. The standard InChI is InChI=1S/C10H3BF12O3/c12-7(13,14)2-1-3(26-11(24)25)5(9(18,19)20)6(10(21,22)23)4(2)8(15,16)17/h1,24-25H. The molecule has 1 rings (SSSR count). The topological polar surface area (TPSA) is 49.7 Å². The molecule has 1 aromatic rings. The number of benzene rings is 1. The number of alkyl halides is 12. The van der Waals surface area contributed by atoms with Gasteiger partial charge in [-0.1, -0.05) is 0 Å². The minimum absolute atomic E-state index is 1.04. The first-order valence-electron chi connectivity index (χ1n) is 5.80. The first-order chi connectivity index (χ1) is 11.3. The molecule has 26 heavy (non-hydrogen) atoms. The van der Waals surface area contributed by atoms with Crippen LogP contribution in [0.2, 0.25) is 0 Å². The van der Waals surface area contributed by atoms with Crippen LogP contribution < -0.4 is 4.65 Å². The van der Waals surface area contributed by atoms with E-state index in [1.54, 1.807) is 0 Å². The van der Waals surface area contributed by atoms with Crippen LogP contribution in [0.25, 0.3) is 0 Å². The van der Waals surface area contributed by atoms with Crippen LogP contribution in [0, 0.1) is 0 Å². The smallest absolute Gasteiger partial charge is 0.511 e. The molecule has 0 aliphatic rings. The van der Waals surface area contributed by atoms with E-state index < -0.39 is 66.1 Å². The lowest BCUT2D eigenvalue weighted by Crippen LogP contribution is -2.30. The summed E-state index contributed by atoms with van der Waals surface area (Å²) in [5, 5.41) is 16.8. The van der Waals surface area contributed by atoms with E-state index in [4.69, 9.17) is 10.0 Å². The molecule has 16 heteroatoms. The molecule has 0 bridgehead atoms. The van der Waals surface area contributed by atoms with E-state index in [1.165, 1.54) is 0 Å². The Labute approximate surface area is 135 Å². The second-order valence-corrected chi connectivity index (χ2v) is 4.48. The molecule has 0 aromatic heterocycles. The predicted octanol–water partition coefficient (Wildman–Crippen LogP) is 4.11. The van der Waals surface area contributed by atoms with Gasteiger partial charge in [-0.2, -0.15) is 52.7 Å². The highest BCUT2D eigenvalue weighted by Crippen LogP contribution is 2.54. The van der Waals surface area contributed by atoms with Gasteiger partial charge in [-0.15, -0.1) is 0 Å². The van der Waals surface area contributed by atoms with Crippen LogP contribution in [-0.2, 0) is 24.7 Å². The maximum atomic E-state index is 12.9. The molecule has 0 saturated heterocycles. The van der Waals surface area contributed by atoms with E-state index in [0.29, 0.717) is 0 Å². The molecule has 0 amide bonds. The summed E-state index contributed by atoms with van der Waals surface area (Å²) in [5.74, 6) is -2.50. The summed E-state index contributed by atoms with van der Waals surface area (Å²) >= 11 is 0. The van der Waals surface area contributed by atoms with Gasteiger partial charge in [0, 0.05) is 0 Å². The first kappa shape index (κ1) is 22.2. The van der Waals surface area contributed by atoms with Crippen LogP contribution in [0.4, 0.5) is 52.7 Å². The van der Waals surface area contributed by atoms with Crippen LogP contribution in [0.1, 0.15) is 22.3 Å². The van der Waals surface area contributed by atoms with Crippen molar-refractivity contribution in [1.29, 1.82) is 0 Å². The fourth-order valence-corrected chi connectivity index (χ4v) is 1.95. The van der Waals surface area contributed by atoms with E-state index in [1.807, 2.05) is 0 Å². The van der Waals surface area contributed by atoms with Crippen molar-refractivity contribution in [3.63, 3.8) is 0 Å². The van der Waals surface area contributed by atoms with Crippen LogP contribution >= 0.6 is 0 Å². The average molecular weight is 410 g/mol. The molecule has 0 aliphatic heterocycles. The maximum absolute atomic E-state index is 12.9. The van der Waals surface area contributed by atoms with Gasteiger partial charge < -0.3 is 14.7 Å². The molecule has 0 radical (unpaired) electrons. The molecule has 0 spiro atoms. The molecule has 0 atom stereocenters. The van der Waals surface area contributed by atoms with E-state index >= 15 is 0 Å². The SMILES string of the molecule is OB(O)Oc1cc(C(F)(F)F)c(C(F)(F)F)c(C(F)(F)F)c1C(F)(F)F. The summed E-state index contributed by atoms with van der Waals surface area (Å²) in [6.45, 7) is 0. The van der Waals surface area contributed by atoms with Crippen molar-refractivity contribution >= 4 is 7.32 Å². The Morgan fingerprint density at radius 1 is 0.615 bits per heavy atom. The Kier molecular flexibility index (Phi) is 5.47. The highest BCUT2D eigenvalue weighted by molar-refractivity contribution is 6.33. The van der Waals surface area contributed by atoms with Crippen molar-refractivity contribution in [3.05, 3.63) is 28.3 Å². The number of hydrogen-bond donors (Lipinski definition) is 2. The average Bonchev–Trinajstić information content (AvgIpc) is 2.31. The normalized spacial score (nSPS) is 13.8. The minimum atomic E-state index is -6.56. The van der Waals surface area contributed by atoms with Gasteiger partial charge in [0.25, 0.3) is 0 Å². The summed E-state index contributed by atoms with van der Waals surface area (Å²) in [4.78, 5) is 0. The van der Waals surface area contributed by atoms with Gasteiger partial charge in [0.1, 0.15) is 11.3 Å². The molecule has 0 aliphatic carbocycles. The number of rotatable bonds is 2.